The van der Waals surface area contributed by atoms with Crippen LogP contribution in [0.3, 0.4) is 0 Å². The number of thioether (sulfide) groups is 1. The van der Waals surface area contributed by atoms with Crippen LogP contribution in [0.4, 0.5) is 0 Å². The number of hydrogen-bond donors (Lipinski definition) is 1. The first kappa shape index (κ1) is 13.0. The van der Waals surface area contributed by atoms with Crippen molar-refractivity contribution in [2.24, 2.45) is 0 Å². The summed E-state index contributed by atoms with van der Waals surface area (Å²) in [6, 6.07) is 4.99. The molecule has 1 aliphatic rings. The van der Waals surface area contributed by atoms with E-state index in [1.54, 1.807) is 0 Å². The lowest BCUT2D eigenvalue weighted by molar-refractivity contribution is 0.458. The Morgan fingerprint density at radius 1 is 1.29 bits per heavy atom. The minimum atomic E-state index is 0.756. The fraction of sp³-hybridized carbons (Fsp3) is 0.714. The number of furan rings is 1. The molecule has 0 radical (unpaired) electrons. The number of rotatable bonds is 9. The predicted octanol–water partition coefficient (Wildman–Crippen LogP) is 3.96. The van der Waals surface area contributed by atoms with Gasteiger partial charge < -0.3 is 9.73 Å². The minimum Gasteiger partial charge on any atom is -0.464 e. The summed E-state index contributed by atoms with van der Waals surface area (Å²) in [5.41, 5.74) is 0. The van der Waals surface area contributed by atoms with Crippen LogP contribution < -0.4 is 5.32 Å². The molecular formula is C14H23NOS. The van der Waals surface area contributed by atoms with E-state index in [1.165, 1.54) is 37.9 Å². The molecule has 0 aromatic carbocycles. The summed E-state index contributed by atoms with van der Waals surface area (Å²) in [6.07, 6.45) is 6.65. The minimum absolute atomic E-state index is 0.756. The molecule has 2 nitrogen and oxygen atoms in total. The van der Waals surface area contributed by atoms with Crippen molar-refractivity contribution < 1.29 is 4.42 Å². The summed E-state index contributed by atoms with van der Waals surface area (Å²) in [5, 5.41) is 3.47. The van der Waals surface area contributed by atoms with Crippen molar-refractivity contribution in [2.45, 2.75) is 57.4 Å². The van der Waals surface area contributed by atoms with Gasteiger partial charge in [0.15, 0.2) is 0 Å². The van der Waals surface area contributed by atoms with E-state index >= 15 is 0 Å². The topological polar surface area (TPSA) is 25.2 Å². The zero-order valence-electron chi connectivity index (χ0n) is 10.7. The third kappa shape index (κ3) is 5.17. The molecule has 0 amide bonds. The summed E-state index contributed by atoms with van der Waals surface area (Å²) >= 11 is 1.98. The van der Waals surface area contributed by atoms with Crippen LogP contribution in [0.25, 0.3) is 0 Å². The Morgan fingerprint density at radius 3 is 2.88 bits per heavy atom. The van der Waals surface area contributed by atoms with Gasteiger partial charge in [0.05, 0.1) is 12.3 Å². The molecule has 1 aliphatic carbocycles. The Balaban J connectivity index is 1.59. The fourth-order valence-corrected chi connectivity index (χ4v) is 2.66. The molecule has 0 unspecified atom stereocenters. The summed E-state index contributed by atoms with van der Waals surface area (Å²) in [4.78, 5) is 0. The van der Waals surface area contributed by atoms with Crippen molar-refractivity contribution in [3.05, 3.63) is 23.7 Å². The normalized spacial score (nSPS) is 15.4. The molecule has 1 aromatic rings. The molecule has 0 saturated heterocycles. The van der Waals surface area contributed by atoms with E-state index in [0.29, 0.717) is 0 Å². The smallest absolute Gasteiger partial charge is 0.118 e. The lowest BCUT2D eigenvalue weighted by Crippen LogP contribution is -2.14. The molecule has 0 atom stereocenters. The van der Waals surface area contributed by atoms with Gasteiger partial charge in [0.2, 0.25) is 0 Å². The molecule has 1 saturated carbocycles. The number of hydrogen-bond acceptors (Lipinski definition) is 3. The molecule has 1 fully saturated rings. The molecule has 2 rings (SSSR count). The highest BCUT2D eigenvalue weighted by atomic mass is 32.2. The van der Waals surface area contributed by atoms with Gasteiger partial charge in [0.25, 0.3) is 0 Å². The average molecular weight is 253 g/mol. The van der Waals surface area contributed by atoms with Gasteiger partial charge in [-0.2, -0.15) is 11.8 Å². The lowest BCUT2D eigenvalue weighted by atomic mass is 10.3. The van der Waals surface area contributed by atoms with Crippen LogP contribution in [-0.2, 0) is 12.3 Å². The van der Waals surface area contributed by atoms with E-state index < -0.39 is 0 Å². The van der Waals surface area contributed by atoms with Crippen molar-refractivity contribution >= 4 is 11.8 Å². The second-order valence-electron chi connectivity index (χ2n) is 4.78. The molecule has 3 heteroatoms. The molecule has 0 spiro atoms. The Bertz CT molecular complexity index is 320. The molecule has 17 heavy (non-hydrogen) atoms. The van der Waals surface area contributed by atoms with Gasteiger partial charge in [0.1, 0.15) is 11.5 Å². The van der Waals surface area contributed by atoms with Crippen molar-refractivity contribution in [3.63, 3.8) is 0 Å². The summed E-state index contributed by atoms with van der Waals surface area (Å²) in [5.74, 6) is 4.48. The second kappa shape index (κ2) is 7.12. The molecule has 0 aliphatic heterocycles. The van der Waals surface area contributed by atoms with Gasteiger partial charge >= 0.3 is 0 Å². The Kier molecular flexibility index (Phi) is 5.46. The van der Waals surface area contributed by atoms with E-state index in [4.69, 9.17) is 4.42 Å². The van der Waals surface area contributed by atoms with E-state index in [9.17, 15) is 0 Å². The maximum absolute atomic E-state index is 5.79. The SMILES string of the molecule is CCCCCSCc1ccc(CNC2CC2)o1. The predicted molar refractivity (Wildman–Crippen MR) is 74.3 cm³/mol. The van der Waals surface area contributed by atoms with Crippen molar-refractivity contribution in [3.8, 4) is 0 Å². The van der Waals surface area contributed by atoms with Crippen LogP contribution in [0, 0.1) is 0 Å². The van der Waals surface area contributed by atoms with E-state index in [0.717, 1.165) is 29.9 Å². The van der Waals surface area contributed by atoms with Crippen LogP contribution in [0.5, 0.6) is 0 Å². The Labute approximate surface area is 109 Å². The van der Waals surface area contributed by atoms with E-state index in [1.807, 2.05) is 11.8 Å². The zero-order valence-corrected chi connectivity index (χ0v) is 11.5. The third-order valence-electron chi connectivity index (χ3n) is 3.00. The van der Waals surface area contributed by atoms with Crippen LogP contribution >= 0.6 is 11.8 Å². The first-order chi connectivity index (χ1) is 8.38. The van der Waals surface area contributed by atoms with Gasteiger partial charge in [-0.15, -0.1) is 0 Å². The molecule has 1 heterocycles. The third-order valence-corrected chi connectivity index (χ3v) is 4.06. The van der Waals surface area contributed by atoms with E-state index in [-0.39, 0.29) is 0 Å². The van der Waals surface area contributed by atoms with Crippen LogP contribution in [0.2, 0.25) is 0 Å². The standard InChI is InChI=1S/C14H23NOS/c1-2-3-4-9-17-11-14-8-7-13(16-14)10-15-12-5-6-12/h7-8,12,15H,2-6,9-11H2,1H3. The number of unbranched alkanes of at least 4 members (excludes halogenated alkanes) is 2. The second-order valence-corrected chi connectivity index (χ2v) is 5.89. The van der Waals surface area contributed by atoms with Crippen molar-refractivity contribution in [1.29, 1.82) is 0 Å². The number of nitrogens with one attached hydrogen (secondary N) is 1. The monoisotopic (exact) mass is 253 g/mol. The van der Waals surface area contributed by atoms with Crippen molar-refractivity contribution in [1.82, 2.24) is 5.32 Å². The van der Waals surface area contributed by atoms with Crippen LogP contribution in [-0.4, -0.2) is 11.8 Å². The van der Waals surface area contributed by atoms with Crippen LogP contribution in [0.15, 0.2) is 16.5 Å². The first-order valence-corrected chi connectivity index (χ1v) is 7.92. The molecule has 0 bridgehead atoms. The van der Waals surface area contributed by atoms with Crippen molar-refractivity contribution in [2.75, 3.05) is 5.75 Å². The quantitative estimate of drug-likeness (QED) is 0.674. The maximum Gasteiger partial charge on any atom is 0.118 e. The molecule has 1 N–H and O–H groups in total. The largest absolute Gasteiger partial charge is 0.464 e. The summed E-state index contributed by atoms with van der Waals surface area (Å²) in [7, 11) is 0. The average Bonchev–Trinajstić information content (AvgIpc) is 3.06. The lowest BCUT2D eigenvalue weighted by Gasteiger charge is -2.00. The fourth-order valence-electron chi connectivity index (χ4n) is 1.75. The van der Waals surface area contributed by atoms with Gasteiger partial charge in [-0.1, -0.05) is 19.8 Å². The highest BCUT2D eigenvalue weighted by molar-refractivity contribution is 7.98. The maximum atomic E-state index is 5.79. The van der Waals surface area contributed by atoms with Gasteiger partial charge in [-0.25, -0.2) is 0 Å². The van der Waals surface area contributed by atoms with Gasteiger partial charge in [-0.3, -0.25) is 0 Å². The summed E-state index contributed by atoms with van der Waals surface area (Å²) in [6.45, 7) is 3.14. The van der Waals surface area contributed by atoms with E-state index in [2.05, 4.69) is 24.4 Å². The molecule has 1 aromatic heterocycles. The molecular weight excluding hydrogens is 230 g/mol. The zero-order chi connectivity index (χ0) is 11.9. The van der Waals surface area contributed by atoms with Gasteiger partial charge in [-0.05, 0) is 37.1 Å². The summed E-state index contributed by atoms with van der Waals surface area (Å²) < 4.78 is 5.79. The molecule has 96 valence electrons. The highest BCUT2D eigenvalue weighted by Crippen LogP contribution is 2.21. The first-order valence-electron chi connectivity index (χ1n) is 6.77. The van der Waals surface area contributed by atoms with Crippen LogP contribution in [0.1, 0.15) is 50.5 Å². The Hall–Kier alpha value is -0.410. The Morgan fingerprint density at radius 2 is 2.12 bits per heavy atom. The highest BCUT2D eigenvalue weighted by Gasteiger charge is 2.20. The van der Waals surface area contributed by atoms with Gasteiger partial charge in [0, 0.05) is 6.04 Å².